The first-order chi connectivity index (χ1) is 8.16. The molecule has 0 bridgehead atoms. The number of rotatable bonds is 1. The van der Waals surface area contributed by atoms with Crippen LogP contribution in [0.1, 0.15) is 0 Å². The number of aromatic hydroxyl groups is 1. The average Bonchev–Trinajstić information content (AvgIpc) is 2.82. The molecule has 1 aromatic carbocycles. The number of benzene rings is 1. The van der Waals surface area contributed by atoms with Gasteiger partial charge in [-0.1, -0.05) is 6.07 Å². The van der Waals surface area contributed by atoms with Gasteiger partial charge in [0.25, 0.3) is 0 Å². The number of para-hydroxylation sites is 1. The molecule has 0 spiro atoms. The largest absolute Gasteiger partial charge is 0.506 e. The number of nitrogens with one attached hydrogen (secondary N) is 1. The van der Waals surface area contributed by atoms with Crippen LogP contribution in [0, 0.1) is 0 Å². The maximum Gasteiger partial charge on any atom is 0.331 e. The third-order valence-electron chi connectivity index (χ3n) is 2.46. The summed E-state index contributed by atoms with van der Waals surface area (Å²) < 4.78 is 2.41. The van der Waals surface area contributed by atoms with Crippen LogP contribution in [0.25, 0.3) is 16.0 Å². The van der Waals surface area contributed by atoms with Crippen molar-refractivity contribution < 1.29 is 5.11 Å². The predicted octanol–water partition coefficient (Wildman–Crippen LogP) is 2.85. The summed E-state index contributed by atoms with van der Waals surface area (Å²) >= 11 is 4.79. The molecule has 6 heteroatoms. The highest BCUT2D eigenvalue weighted by Crippen LogP contribution is 2.29. The Bertz CT molecular complexity index is 756. The van der Waals surface area contributed by atoms with E-state index in [0.717, 1.165) is 8.79 Å². The van der Waals surface area contributed by atoms with Gasteiger partial charge in [-0.25, -0.2) is 9.36 Å². The summed E-state index contributed by atoms with van der Waals surface area (Å²) in [5.74, 6) is 0.0883. The number of fused-ring (bicyclic) bond motifs is 1. The predicted molar refractivity (Wildman–Crippen MR) is 71.1 cm³/mol. The minimum absolute atomic E-state index is 0.0883. The average molecular weight is 311 g/mol. The van der Waals surface area contributed by atoms with Crippen LogP contribution < -0.4 is 5.69 Å². The van der Waals surface area contributed by atoms with Gasteiger partial charge < -0.3 is 10.1 Å². The van der Waals surface area contributed by atoms with E-state index < -0.39 is 0 Å². The third-order valence-corrected chi connectivity index (χ3v) is 4.07. The molecule has 2 heterocycles. The Balaban J connectivity index is 2.43. The Hall–Kier alpha value is -1.53. The normalized spacial score (nSPS) is 11.1. The van der Waals surface area contributed by atoms with Crippen LogP contribution in [0.3, 0.4) is 0 Å². The highest BCUT2D eigenvalue weighted by molar-refractivity contribution is 9.11. The number of imidazole rings is 1. The lowest BCUT2D eigenvalue weighted by molar-refractivity contribution is 0.479. The van der Waals surface area contributed by atoms with Crippen LogP contribution in [0.5, 0.6) is 5.75 Å². The molecule has 17 heavy (non-hydrogen) atoms. The summed E-state index contributed by atoms with van der Waals surface area (Å²) in [4.78, 5) is 14.6. The van der Waals surface area contributed by atoms with Gasteiger partial charge in [-0.2, -0.15) is 0 Å². The Morgan fingerprint density at radius 3 is 2.82 bits per heavy atom. The lowest BCUT2D eigenvalue weighted by atomic mass is 10.3. The van der Waals surface area contributed by atoms with Gasteiger partial charge in [0.2, 0.25) is 0 Å². The van der Waals surface area contributed by atoms with Crippen LogP contribution in [0.2, 0.25) is 0 Å². The first kappa shape index (κ1) is 10.6. The van der Waals surface area contributed by atoms with Crippen molar-refractivity contribution in [1.82, 2.24) is 9.55 Å². The summed E-state index contributed by atoms with van der Waals surface area (Å²) in [6, 6.07) is 8.72. The zero-order chi connectivity index (χ0) is 12.0. The molecular weight excluding hydrogens is 304 g/mol. The number of H-pyrrole nitrogens is 1. The Labute approximate surface area is 108 Å². The van der Waals surface area contributed by atoms with Crippen LogP contribution >= 0.6 is 27.3 Å². The van der Waals surface area contributed by atoms with Gasteiger partial charge in [0.1, 0.15) is 16.3 Å². The minimum atomic E-state index is -0.254. The second-order valence-corrected chi connectivity index (χ2v) is 5.96. The summed E-state index contributed by atoms with van der Waals surface area (Å²) in [6.45, 7) is 0. The van der Waals surface area contributed by atoms with E-state index >= 15 is 0 Å². The molecule has 0 radical (unpaired) electrons. The zero-order valence-electron chi connectivity index (χ0n) is 8.48. The molecule has 0 aliphatic heterocycles. The molecule has 2 N–H and O–H groups in total. The van der Waals surface area contributed by atoms with Crippen molar-refractivity contribution in [3.05, 3.63) is 44.6 Å². The van der Waals surface area contributed by atoms with Crippen LogP contribution in [0.15, 0.2) is 38.9 Å². The van der Waals surface area contributed by atoms with Crippen molar-refractivity contribution >= 4 is 38.3 Å². The fourth-order valence-electron chi connectivity index (χ4n) is 1.78. The SMILES string of the molecule is O=c1[nH]c2cccc(O)c2n1-c1ccc(Br)s1. The fraction of sp³-hybridized carbons (Fsp3) is 0. The van der Waals surface area contributed by atoms with Crippen molar-refractivity contribution in [3.8, 4) is 10.8 Å². The lowest BCUT2D eigenvalue weighted by Gasteiger charge is -2.00. The number of aromatic amines is 1. The molecule has 2 aromatic heterocycles. The van der Waals surface area contributed by atoms with E-state index in [-0.39, 0.29) is 11.4 Å². The van der Waals surface area contributed by atoms with Crippen molar-refractivity contribution in [1.29, 1.82) is 0 Å². The van der Waals surface area contributed by atoms with Crippen molar-refractivity contribution in [2.45, 2.75) is 0 Å². The summed E-state index contributed by atoms with van der Waals surface area (Å²) in [5.41, 5.74) is 0.877. The number of aromatic nitrogens is 2. The third kappa shape index (κ3) is 1.60. The van der Waals surface area contributed by atoms with E-state index in [1.54, 1.807) is 18.2 Å². The molecule has 86 valence electrons. The smallest absolute Gasteiger partial charge is 0.331 e. The van der Waals surface area contributed by atoms with Gasteiger partial charge in [-0.3, -0.25) is 0 Å². The summed E-state index contributed by atoms with van der Waals surface area (Å²) in [7, 11) is 0. The Morgan fingerprint density at radius 1 is 1.29 bits per heavy atom. The second-order valence-electron chi connectivity index (χ2n) is 3.52. The van der Waals surface area contributed by atoms with E-state index in [9.17, 15) is 9.90 Å². The Morgan fingerprint density at radius 2 is 2.12 bits per heavy atom. The zero-order valence-corrected chi connectivity index (χ0v) is 10.9. The second kappa shape index (κ2) is 3.75. The summed E-state index contributed by atoms with van der Waals surface area (Å²) in [5, 5.41) is 10.6. The van der Waals surface area contributed by atoms with E-state index in [0.29, 0.717) is 11.0 Å². The number of phenols is 1. The van der Waals surface area contributed by atoms with E-state index in [1.165, 1.54) is 15.9 Å². The molecule has 0 amide bonds. The van der Waals surface area contributed by atoms with Gasteiger partial charge >= 0.3 is 5.69 Å². The topological polar surface area (TPSA) is 58.0 Å². The molecule has 3 rings (SSSR count). The molecule has 0 saturated heterocycles. The monoisotopic (exact) mass is 310 g/mol. The number of hydrogen-bond donors (Lipinski definition) is 2. The minimum Gasteiger partial charge on any atom is -0.506 e. The summed E-state index contributed by atoms with van der Waals surface area (Å²) in [6.07, 6.45) is 0. The van der Waals surface area contributed by atoms with Gasteiger partial charge in [-0.05, 0) is 40.2 Å². The van der Waals surface area contributed by atoms with Crippen LogP contribution in [-0.2, 0) is 0 Å². The molecule has 0 saturated carbocycles. The Kier molecular flexibility index (Phi) is 2.34. The van der Waals surface area contributed by atoms with E-state index in [2.05, 4.69) is 20.9 Å². The van der Waals surface area contributed by atoms with Gasteiger partial charge in [-0.15, -0.1) is 11.3 Å². The fourth-order valence-corrected chi connectivity index (χ4v) is 3.14. The van der Waals surface area contributed by atoms with Gasteiger partial charge in [0, 0.05) is 0 Å². The molecule has 0 unspecified atom stereocenters. The van der Waals surface area contributed by atoms with Crippen molar-refractivity contribution in [2.75, 3.05) is 0 Å². The van der Waals surface area contributed by atoms with Gasteiger partial charge in [0.15, 0.2) is 0 Å². The molecule has 0 aliphatic rings. The molecular formula is C11H7BrN2O2S. The maximum atomic E-state index is 11.9. The van der Waals surface area contributed by atoms with Crippen LogP contribution in [0.4, 0.5) is 0 Å². The molecule has 0 aliphatic carbocycles. The number of hydrogen-bond acceptors (Lipinski definition) is 3. The number of nitrogens with zero attached hydrogens (tertiary/aromatic N) is 1. The van der Waals surface area contributed by atoms with E-state index in [4.69, 9.17) is 0 Å². The maximum absolute atomic E-state index is 11.9. The van der Waals surface area contributed by atoms with Gasteiger partial charge in [0.05, 0.1) is 9.30 Å². The number of thiophene rings is 1. The quantitative estimate of drug-likeness (QED) is 0.726. The molecule has 4 nitrogen and oxygen atoms in total. The number of halogens is 1. The standard InChI is InChI=1S/C11H7BrN2O2S/c12-8-4-5-9(17-8)14-10-6(13-11(14)16)2-1-3-7(10)15/h1-5,15H,(H,13,16). The van der Waals surface area contributed by atoms with Crippen molar-refractivity contribution in [3.63, 3.8) is 0 Å². The van der Waals surface area contributed by atoms with E-state index in [1.807, 2.05) is 12.1 Å². The first-order valence-electron chi connectivity index (χ1n) is 4.85. The molecule has 0 atom stereocenters. The highest BCUT2D eigenvalue weighted by atomic mass is 79.9. The van der Waals surface area contributed by atoms with Crippen molar-refractivity contribution in [2.24, 2.45) is 0 Å². The lowest BCUT2D eigenvalue weighted by Crippen LogP contribution is -2.13. The van der Waals surface area contributed by atoms with Crippen LogP contribution in [-0.4, -0.2) is 14.7 Å². The first-order valence-corrected chi connectivity index (χ1v) is 6.46. The number of phenolic OH excluding ortho intramolecular Hbond substituents is 1. The molecule has 0 fully saturated rings. The highest BCUT2D eigenvalue weighted by Gasteiger charge is 2.13. The molecule has 3 aromatic rings.